The SMILES string of the molecule is COc1cc(NS(=O)(=O)c2ccc3c(c2)C(C)(C)CN3C(=O)C(C)C)cc(OC)c1. The molecule has 0 radical (unpaired) electrons. The smallest absolute Gasteiger partial charge is 0.261 e. The maximum Gasteiger partial charge on any atom is 0.261 e. The number of benzene rings is 2. The first-order valence-corrected chi connectivity index (χ1v) is 11.2. The minimum absolute atomic E-state index is 0.0269. The normalized spacial score (nSPS) is 15.1. The second kappa shape index (κ2) is 7.83. The van der Waals surface area contributed by atoms with Gasteiger partial charge >= 0.3 is 0 Å². The van der Waals surface area contributed by atoms with Crippen LogP contribution in [0, 0.1) is 5.92 Å². The van der Waals surface area contributed by atoms with E-state index >= 15 is 0 Å². The van der Waals surface area contributed by atoms with Gasteiger partial charge in [0.1, 0.15) is 11.5 Å². The molecule has 0 spiro atoms. The molecule has 2 aromatic rings. The fourth-order valence-electron chi connectivity index (χ4n) is 3.61. The van der Waals surface area contributed by atoms with Gasteiger partial charge in [-0.25, -0.2) is 8.42 Å². The molecule has 3 rings (SSSR count). The quantitative estimate of drug-likeness (QED) is 0.751. The Hall–Kier alpha value is -2.74. The zero-order valence-corrected chi connectivity index (χ0v) is 19.0. The highest BCUT2D eigenvalue weighted by atomic mass is 32.2. The molecule has 2 aromatic carbocycles. The van der Waals surface area contributed by atoms with Crippen molar-refractivity contribution < 1.29 is 22.7 Å². The first kappa shape index (κ1) is 22.0. The van der Waals surface area contributed by atoms with Gasteiger partial charge in [0.15, 0.2) is 0 Å². The summed E-state index contributed by atoms with van der Waals surface area (Å²) in [5.41, 5.74) is 1.58. The molecule has 8 heteroatoms. The van der Waals surface area contributed by atoms with Crippen LogP contribution in [0.2, 0.25) is 0 Å². The molecule has 0 bridgehead atoms. The lowest BCUT2D eigenvalue weighted by Crippen LogP contribution is -2.36. The lowest BCUT2D eigenvalue weighted by atomic mass is 9.87. The van der Waals surface area contributed by atoms with Crippen molar-refractivity contribution in [3.05, 3.63) is 42.0 Å². The van der Waals surface area contributed by atoms with Crippen molar-refractivity contribution in [2.24, 2.45) is 5.92 Å². The van der Waals surface area contributed by atoms with Crippen molar-refractivity contribution in [2.45, 2.75) is 38.0 Å². The van der Waals surface area contributed by atoms with Crippen molar-refractivity contribution in [1.82, 2.24) is 0 Å². The summed E-state index contributed by atoms with van der Waals surface area (Å²) < 4.78 is 39.1. The predicted molar refractivity (Wildman–Crippen MR) is 117 cm³/mol. The molecule has 7 nitrogen and oxygen atoms in total. The van der Waals surface area contributed by atoms with Crippen molar-refractivity contribution in [3.8, 4) is 11.5 Å². The fraction of sp³-hybridized carbons (Fsp3) is 0.409. The summed E-state index contributed by atoms with van der Waals surface area (Å²) in [6.45, 7) is 8.26. The monoisotopic (exact) mass is 432 g/mol. The third-order valence-corrected chi connectivity index (χ3v) is 6.59. The van der Waals surface area contributed by atoms with Gasteiger partial charge in [-0.3, -0.25) is 9.52 Å². The minimum Gasteiger partial charge on any atom is -0.497 e. The van der Waals surface area contributed by atoms with Crippen LogP contribution in [0.5, 0.6) is 11.5 Å². The Labute approximate surface area is 178 Å². The van der Waals surface area contributed by atoms with Gasteiger partial charge in [-0.2, -0.15) is 0 Å². The van der Waals surface area contributed by atoms with Crippen LogP contribution < -0.4 is 19.1 Å². The Balaban J connectivity index is 1.98. The molecule has 1 amide bonds. The second-order valence-corrected chi connectivity index (χ2v) is 10.0. The van der Waals surface area contributed by atoms with Crippen molar-refractivity contribution in [3.63, 3.8) is 0 Å². The van der Waals surface area contributed by atoms with Crippen molar-refractivity contribution >= 4 is 27.3 Å². The van der Waals surface area contributed by atoms with Gasteiger partial charge in [0.2, 0.25) is 5.91 Å². The van der Waals surface area contributed by atoms with Crippen LogP contribution in [0.1, 0.15) is 33.3 Å². The molecule has 0 aliphatic carbocycles. The van der Waals surface area contributed by atoms with Crippen LogP contribution in [0.3, 0.4) is 0 Å². The van der Waals surface area contributed by atoms with E-state index in [9.17, 15) is 13.2 Å². The fourth-order valence-corrected chi connectivity index (χ4v) is 4.68. The van der Waals surface area contributed by atoms with Gasteiger partial charge in [-0.15, -0.1) is 0 Å². The van der Waals surface area contributed by atoms with E-state index in [1.807, 2.05) is 27.7 Å². The van der Waals surface area contributed by atoms with E-state index in [2.05, 4.69) is 4.72 Å². The van der Waals surface area contributed by atoms with Crippen LogP contribution in [0.4, 0.5) is 11.4 Å². The number of fused-ring (bicyclic) bond motifs is 1. The number of methoxy groups -OCH3 is 2. The molecular weight excluding hydrogens is 404 g/mol. The van der Waals surface area contributed by atoms with E-state index in [1.54, 1.807) is 35.2 Å². The average Bonchev–Trinajstić information content (AvgIpc) is 2.97. The van der Waals surface area contributed by atoms with Gasteiger partial charge in [-0.1, -0.05) is 27.7 Å². The average molecular weight is 433 g/mol. The Morgan fingerprint density at radius 3 is 2.20 bits per heavy atom. The molecule has 0 saturated carbocycles. The first-order valence-electron chi connectivity index (χ1n) is 9.70. The summed E-state index contributed by atoms with van der Waals surface area (Å²) in [5, 5.41) is 0. The Morgan fingerprint density at radius 2 is 1.67 bits per heavy atom. The van der Waals surface area contributed by atoms with E-state index in [1.165, 1.54) is 20.3 Å². The van der Waals surface area contributed by atoms with E-state index in [-0.39, 0.29) is 22.1 Å². The number of nitrogens with one attached hydrogen (secondary N) is 1. The third-order valence-electron chi connectivity index (χ3n) is 5.22. The molecular formula is C22H28N2O5S. The number of hydrogen-bond acceptors (Lipinski definition) is 5. The molecule has 1 heterocycles. The molecule has 1 aliphatic rings. The zero-order valence-electron chi connectivity index (χ0n) is 18.1. The molecule has 30 heavy (non-hydrogen) atoms. The molecule has 0 aromatic heterocycles. The van der Waals surface area contributed by atoms with E-state index in [4.69, 9.17) is 9.47 Å². The number of nitrogens with zero attached hydrogens (tertiary/aromatic N) is 1. The van der Waals surface area contributed by atoms with Crippen LogP contribution in [-0.2, 0) is 20.2 Å². The molecule has 0 unspecified atom stereocenters. The number of rotatable bonds is 6. The van der Waals surface area contributed by atoms with Gasteiger partial charge in [-0.05, 0) is 23.8 Å². The number of amides is 1. The number of ether oxygens (including phenoxy) is 2. The maximum atomic E-state index is 13.1. The summed E-state index contributed by atoms with van der Waals surface area (Å²) in [6.07, 6.45) is 0. The third kappa shape index (κ3) is 4.09. The number of hydrogen-bond donors (Lipinski definition) is 1. The summed E-state index contributed by atoms with van der Waals surface area (Å²) in [7, 11) is -0.854. The lowest BCUT2D eigenvalue weighted by Gasteiger charge is -2.22. The minimum atomic E-state index is -3.85. The number of carbonyl (C=O) groups excluding carboxylic acids is 1. The van der Waals surface area contributed by atoms with Gasteiger partial charge in [0, 0.05) is 41.8 Å². The second-order valence-electron chi connectivity index (χ2n) is 8.35. The largest absolute Gasteiger partial charge is 0.497 e. The summed E-state index contributed by atoms with van der Waals surface area (Å²) in [5.74, 6) is 0.842. The number of carbonyl (C=O) groups is 1. The van der Waals surface area contributed by atoms with E-state index in [0.717, 1.165) is 11.3 Å². The number of sulfonamides is 1. The van der Waals surface area contributed by atoms with Gasteiger partial charge < -0.3 is 14.4 Å². The molecule has 0 fully saturated rings. The Morgan fingerprint density at radius 1 is 1.07 bits per heavy atom. The van der Waals surface area contributed by atoms with E-state index < -0.39 is 10.0 Å². The van der Waals surface area contributed by atoms with Crippen LogP contribution in [-0.4, -0.2) is 35.1 Å². The van der Waals surface area contributed by atoms with E-state index in [0.29, 0.717) is 23.7 Å². The van der Waals surface area contributed by atoms with Gasteiger partial charge in [0.05, 0.1) is 24.8 Å². The van der Waals surface area contributed by atoms with Crippen LogP contribution in [0.15, 0.2) is 41.3 Å². The first-order chi connectivity index (χ1) is 14.0. The molecule has 1 aliphatic heterocycles. The molecule has 0 saturated heterocycles. The summed E-state index contributed by atoms with van der Waals surface area (Å²) in [4.78, 5) is 14.5. The van der Waals surface area contributed by atoms with Gasteiger partial charge in [0.25, 0.3) is 10.0 Å². The number of anilines is 2. The highest BCUT2D eigenvalue weighted by Crippen LogP contribution is 2.42. The molecule has 162 valence electrons. The highest BCUT2D eigenvalue weighted by molar-refractivity contribution is 7.92. The van der Waals surface area contributed by atoms with Crippen molar-refractivity contribution in [1.29, 1.82) is 0 Å². The standard InChI is InChI=1S/C22H28N2O5S/c1-14(2)21(25)24-13-22(3,4)19-12-18(7-8-20(19)24)30(26,27)23-15-9-16(28-5)11-17(10-15)29-6/h7-12,14,23H,13H2,1-6H3. The summed E-state index contributed by atoms with van der Waals surface area (Å²) >= 11 is 0. The van der Waals surface area contributed by atoms with Crippen LogP contribution >= 0.6 is 0 Å². The van der Waals surface area contributed by atoms with Crippen molar-refractivity contribution in [2.75, 3.05) is 30.4 Å². The zero-order chi connectivity index (χ0) is 22.3. The maximum absolute atomic E-state index is 13.1. The summed E-state index contributed by atoms with van der Waals surface area (Å²) in [6, 6.07) is 9.73. The molecule has 0 atom stereocenters. The predicted octanol–water partition coefficient (Wildman–Crippen LogP) is 3.78. The Bertz CT molecular complexity index is 1050. The molecule has 1 N–H and O–H groups in total. The topological polar surface area (TPSA) is 84.9 Å². The van der Waals surface area contributed by atoms with Crippen LogP contribution in [0.25, 0.3) is 0 Å². The Kier molecular flexibility index (Phi) is 5.73. The lowest BCUT2D eigenvalue weighted by molar-refractivity contribution is -0.121. The highest BCUT2D eigenvalue weighted by Gasteiger charge is 2.39.